The predicted octanol–water partition coefficient (Wildman–Crippen LogP) is 5.13. The molecule has 2 atom stereocenters. The number of hydrogen-bond donors (Lipinski definition) is 0. The van der Waals surface area contributed by atoms with Crippen LogP contribution in [0.25, 0.3) is 0 Å². The number of carbonyl (C=O) groups excluding carboxylic acids is 1. The van der Waals surface area contributed by atoms with Gasteiger partial charge in [-0.25, -0.2) is 4.79 Å². The summed E-state index contributed by atoms with van der Waals surface area (Å²) in [6, 6.07) is 4.37. The molecule has 1 heterocycles. The maximum Gasteiger partial charge on any atom is 0.328 e. The van der Waals surface area contributed by atoms with Crippen LogP contribution in [0.15, 0.2) is 12.1 Å². The van der Waals surface area contributed by atoms with Crippen molar-refractivity contribution in [2.45, 2.75) is 84.7 Å². The first-order valence-electron chi connectivity index (χ1n) is 9.21. The highest BCUT2D eigenvalue weighted by Gasteiger charge is 2.42. The smallest absolute Gasteiger partial charge is 0.328 e. The van der Waals surface area contributed by atoms with Crippen LogP contribution >= 0.6 is 0 Å². The van der Waals surface area contributed by atoms with Crippen LogP contribution in [-0.2, 0) is 9.53 Å². The molecule has 1 aliphatic rings. The Labute approximate surface area is 147 Å². The molecule has 134 valence electrons. The molecule has 0 radical (unpaired) electrons. The quantitative estimate of drug-likeness (QED) is 0.701. The third-order valence-electron chi connectivity index (χ3n) is 5.51. The van der Waals surface area contributed by atoms with Gasteiger partial charge in [-0.1, -0.05) is 32.8 Å². The van der Waals surface area contributed by atoms with E-state index in [9.17, 15) is 4.79 Å². The lowest BCUT2D eigenvalue weighted by molar-refractivity contribution is -0.142. The second kappa shape index (κ2) is 7.16. The number of nitrogens with zero attached hydrogens (tertiary/aromatic N) is 1. The highest BCUT2D eigenvalue weighted by molar-refractivity contribution is 5.82. The van der Waals surface area contributed by atoms with Gasteiger partial charge in [0.25, 0.3) is 0 Å². The summed E-state index contributed by atoms with van der Waals surface area (Å²) in [7, 11) is 1.50. The Balaban J connectivity index is 2.58. The van der Waals surface area contributed by atoms with Crippen LogP contribution in [0.5, 0.6) is 0 Å². The molecule has 1 aromatic rings. The number of methoxy groups -OCH3 is 1. The van der Waals surface area contributed by atoms with Gasteiger partial charge in [-0.3, -0.25) is 0 Å². The topological polar surface area (TPSA) is 29.5 Å². The summed E-state index contributed by atoms with van der Waals surface area (Å²) in [5, 5.41) is 0. The SMILES string of the molecule is CCCC[C@@H](C(=O)OC)N1c2cc(C)c(C)cc2[C@H](C)CC1(C)C. The van der Waals surface area contributed by atoms with Crippen molar-refractivity contribution in [2.75, 3.05) is 12.0 Å². The van der Waals surface area contributed by atoms with E-state index in [2.05, 4.69) is 58.6 Å². The zero-order valence-corrected chi connectivity index (χ0v) is 16.4. The van der Waals surface area contributed by atoms with Crippen LogP contribution in [0.2, 0.25) is 0 Å². The third kappa shape index (κ3) is 3.45. The maximum atomic E-state index is 12.6. The van der Waals surface area contributed by atoms with E-state index in [1.165, 1.54) is 29.5 Å². The van der Waals surface area contributed by atoms with Crippen molar-refractivity contribution in [2.24, 2.45) is 0 Å². The second-order valence-electron chi connectivity index (χ2n) is 7.96. The zero-order valence-electron chi connectivity index (χ0n) is 16.4. The minimum Gasteiger partial charge on any atom is -0.467 e. The first-order chi connectivity index (χ1) is 11.2. The minimum absolute atomic E-state index is 0.0687. The average Bonchev–Trinajstić information content (AvgIpc) is 2.51. The lowest BCUT2D eigenvalue weighted by Gasteiger charge is -2.50. The lowest BCUT2D eigenvalue weighted by atomic mass is 9.77. The van der Waals surface area contributed by atoms with Gasteiger partial charge in [0, 0.05) is 11.2 Å². The average molecular weight is 332 g/mol. The molecule has 0 aromatic heterocycles. The zero-order chi connectivity index (χ0) is 18.1. The van der Waals surface area contributed by atoms with E-state index < -0.39 is 0 Å². The first kappa shape index (κ1) is 18.8. The van der Waals surface area contributed by atoms with Crippen LogP contribution in [0, 0.1) is 13.8 Å². The third-order valence-corrected chi connectivity index (χ3v) is 5.51. The molecule has 0 amide bonds. The summed E-state index contributed by atoms with van der Waals surface area (Å²) >= 11 is 0. The number of unbranched alkanes of at least 4 members (excludes halogenated alkanes) is 1. The van der Waals surface area contributed by atoms with Gasteiger partial charge < -0.3 is 9.64 Å². The molecular formula is C21H33NO2. The Morgan fingerprint density at radius 3 is 2.54 bits per heavy atom. The van der Waals surface area contributed by atoms with E-state index >= 15 is 0 Å². The Morgan fingerprint density at radius 2 is 1.96 bits per heavy atom. The maximum absolute atomic E-state index is 12.6. The molecule has 3 nitrogen and oxygen atoms in total. The lowest BCUT2D eigenvalue weighted by Crippen LogP contribution is -2.56. The van der Waals surface area contributed by atoms with Crippen molar-refractivity contribution in [3.05, 3.63) is 28.8 Å². The van der Waals surface area contributed by atoms with Gasteiger partial charge in [-0.15, -0.1) is 0 Å². The molecule has 0 saturated heterocycles. The number of ether oxygens (including phenoxy) is 1. The molecule has 1 aromatic carbocycles. The van der Waals surface area contributed by atoms with Gasteiger partial charge in [0.1, 0.15) is 6.04 Å². The number of anilines is 1. The Bertz CT molecular complexity index is 606. The number of fused-ring (bicyclic) bond motifs is 1. The van der Waals surface area contributed by atoms with Gasteiger partial charge in [-0.05, 0) is 69.2 Å². The van der Waals surface area contributed by atoms with Crippen molar-refractivity contribution in [3.63, 3.8) is 0 Å². The number of benzene rings is 1. The van der Waals surface area contributed by atoms with Crippen LogP contribution < -0.4 is 4.90 Å². The predicted molar refractivity (Wildman–Crippen MR) is 101 cm³/mol. The van der Waals surface area contributed by atoms with Crippen LogP contribution in [-0.4, -0.2) is 24.7 Å². The molecule has 0 N–H and O–H groups in total. The Morgan fingerprint density at radius 1 is 1.33 bits per heavy atom. The normalized spacial score (nSPS) is 20.5. The first-order valence-corrected chi connectivity index (χ1v) is 9.21. The van der Waals surface area contributed by atoms with Crippen LogP contribution in [0.1, 0.15) is 76.0 Å². The minimum atomic E-state index is -0.210. The molecule has 3 heteroatoms. The summed E-state index contributed by atoms with van der Waals surface area (Å²) in [6.07, 6.45) is 4.00. The molecule has 0 saturated carbocycles. The molecular weight excluding hydrogens is 298 g/mol. The largest absolute Gasteiger partial charge is 0.467 e. The number of carbonyl (C=O) groups is 1. The van der Waals surface area contributed by atoms with Crippen molar-refractivity contribution in [1.82, 2.24) is 0 Å². The number of aryl methyl sites for hydroxylation is 2. The van der Waals surface area contributed by atoms with E-state index in [1.54, 1.807) is 0 Å². The summed E-state index contributed by atoms with van der Waals surface area (Å²) < 4.78 is 5.17. The molecule has 24 heavy (non-hydrogen) atoms. The fourth-order valence-electron chi connectivity index (χ4n) is 4.19. The van der Waals surface area contributed by atoms with E-state index in [0.29, 0.717) is 5.92 Å². The van der Waals surface area contributed by atoms with Crippen molar-refractivity contribution in [3.8, 4) is 0 Å². The van der Waals surface area contributed by atoms with E-state index in [4.69, 9.17) is 4.74 Å². The van der Waals surface area contributed by atoms with E-state index in [-0.39, 0.29) is 17.6 Å². The van der Waals surface area contributed by atoms with Crippen LogP contribution in [0.4, 0.5) is 5.69 Å². The second-order valence-corrected chi connectivity index (χ2v) is 7.96. The van der Waals surface area contributed by atoms with E-state index in [0.717, 1.165) is 25.7 Å². The summed E-state index contributed by atoms with van der Waals surface area (Å²) in [6.45, 7) is 13.3. The van der Waals surface area contributed by atoms with Gasteiger partial charge >= 0.3 is 5.97 Å². The standard InChI is InChI=1S/C21H33NO2/c1-8-9-10-18(20(23)24-7)22-19-12-15(3)14(2)11-17(19)16(4)13-21(22,5)6/h11-12,16,18H,8-10,13H2,1-7H3/t16-,18+/m1/s1. The van der Waals surface area contributed by atoms with Gasteiger partial charge in [-0.2, -0.15) is 0 Å². The molecule has 0 fully saturated rings. The summed E-state index contributed by atoms with van der Waals surface area (Å²) in [5.41, 5.74) is 5.11. The molecule has 0 spiro atoms. The fraction of sp³-hybridized carbons (Fsp3) is 0.667. The highest BCUT2D eigenvalue weighted by Crippen LogP contribution is 2.46. The molecule has 0 bridgehead atoms. The monoisotopic (exact) mass is 331 g/mol. The van der Waals surface area contributed by atoms with Gasteiger partial charge in [0.05, 0.1) is 7.11 Å². The number of hydrogen-bond acceptors (Lipinski definition) is 3. The Hall–Kier alpha value is -1.51. The van der Waals surface area contributed by atoms with E-state index in [1.807, 2.05) is 0 Å². The molecule has 1 aliphatic heterocycles. The van der Waals surface area contributed by atoms with Gasteiger partial charge in [0.2, 0.25) is 0 Å². The highest BCUT2D eigenvalue weighted by atomic mass is 16.5. The summed E-state index contributed by atoms with van der Waals surface area (Å²) in [5.74, 6) is 0.380. The van der Waals surface area contributed by atoms with Crippen LogP contribution in [0.3, 0.4) is 0 Å². The van der Waals surface area contributed by atoms with Crippen molar-refractivity contribution in [1.29, 1.82) is 0 Å². The fourth-order valence-corrected chi connectivity index (χ4v) is 4.19. The van der Waals surface area contributed by atoms with Crippen molar-refractivity contribution < 1.29 is 9.53 Å². The number of esters is 1. The van der Waals surface area contributed by atoms with Crippen molar-refractivity contribution >= 4 is 11.7 Å². The molecule has 0 aliphatic carbocycles. The molecule has 0 unspecified atom stereocenters. The van der Waals surface area contributed by atoms with Gasteiger partial charge in [0.15, 0.2) is 0 Å². The Kier molecular flexibility index (Phi) is 5.62. The number of rotatable bonds is 5. The molecule has 2 rings (SSSR count). The summed E-state index contributed by atoms with van der Waals surface area (Å²) in [4.78, 5) is 14.9.